The van der Waals surface area contributed by atoms with Crippen LogP contribution >= 0.6 is 23.4 Å². The summed E-state index contributed by atoms with van der Waals surface area (Å²) in [6.45, 7) is 5.87. The molecule has 4 aromatic rings. The number of anilines is 1. The lowest BCUT2D eigenvalue weighted by Gasteiger charge is -2.18. The number of urea groups is 1. The third-order valence-corrected chi connectivity index (χ3v) is 6.82. The van der Waals surface area contributed by atoms with Crippen LogP contribution in [0.4, 0.5) is 10.5 Å². The number of thioether (sulfide) groups is 1. The summed E-state index contributed by atoms with van der Waals surface area (Å²) in [7, 11) is 1.65. The fourth-order valence-corrected chi connectivity index (χ4v) is 4.83. The van der Waals surface area contributed by atoms with Crippen LogP contribution in [0.2, 0.25) is 5.02 Å². The number of hydrogen-bond donors (Lipinski definition) is 2. The van der Waals surface area contributed by atoms with Crippen LogP contribution in [0.1, 0.15) is 35.5 Å². The summed E-state index contributed by atoms with van der Waals surface area (Å²) in [5, 5.41) is 16.1. The number of nitrogens with zero attached hydrogens (tertiary/aromatic N) is 3. The Bertz CT molecular complexity index is 1370. The normalized spacial score (nSPS) is 11.7. The molecule has 1 heterocycles. The van der Waals surface area contributed by atoms with Crippen molar-refractivity contribution in [1.82, 2.24) is 20.1 Å². The molecule has 36 heavy (non-hydrogen) atoms. The molecule has 2 N–H and O–H groups in total. The molecular weight excluding hydrogens is 494 g/mol. The molecule has 0 saturated carbocycles. The van der Waals surface area contributed by atoms with Crippen LogP contribution in [0, 0.1) is 13.8 Å². The average molecular weight is 522 g/mol. The van der Waals surface area contributed by atoms with E-state index in [9.17, 15) is 4.79 Å². The Balaban J connectivity index is 1.61. The zero-order valence-electron chi connectivity index (χ0n) is 20.6. The van der Waals surface area contributed by atoms with Crippen molar-refractivity contribution in [1.29, 1.82) is 0 Å². The molecule has 0 aliphatic carbocycles. The minimum absolute atomic E-state index is 0.323. The molecular formula is C27H28ClN5O2S. The third kappa shape index (κ3) is 6.19. The smallest absolute Gasteiger partial charge is 0.319 e. The van der Waals surface area contributed by atoms with Crippen molar-refractivity contribution in [3.63, 3.8) is 0 Å². The topological polar surface area (TPSA) is 81.1 Å². The van der Waals surface area contributed by atoms with Gasteiger partial charge in [-0.3, -0.25) is 4.57 Å². The summed E-state index contributed by atoms with van der Waals surface area (Å²) in [6.07, 6.45) is 0. The van der Waals surface area contributed by atoms with Crippen LogP contribution in [-0.2, 0) is 5.75 Å². The molecule has 4 rings (SSSR count). The summed E-state index contributed by atoms with van der Waals surface area (Å²) in [4.78, 5) is 12.7. The molecule has 0 bridgehead atoms. The Morgan fingerprint density at radius 2 is 1.89 bits per heavy atom. The van der Waals surface area contributed by atoms with Crippen molar-refractivity contribution in [2.24, 2.45) is 0 Å². The molecule has 186 valence electrons. The first-order valence-electron chi connectivity index (χ1n) is 11.5. The zero-order valence-corrected chi connectivity index (χ0v) is 22.2. The highest BCUT2D eigenvalue weighted by Crippen LogP contribution is 2.31. The van der Waals surface area contributed by atoms with E-state index in [1.165, 1.54) is 0 Å². The maximum Gasteiger partial charge on any atom is 0.319 e. The molecule has 7 nitrogen and oxygen atoms in total. The largest absolute Gasteiger partial charge is 0.497 e. The Kier molecular flexibility index (Phi) is 8.18. The first kappa shape index (κ1) is 25.6. The summed E-state index contributed by atoms with van der Waals surface area (Å²) in [5.41, 5.74) is 4.77. The van der Waals surface area contributed by atoms with Crippen LogP contribution in [0.3, 0.4) is 0 Å². The van der Waals surface area contributed by atoms with Gasteiger partial charge < -0.3 is 15.4 Å². The lowest BCUT2D eigenvalue weighted by atomic mass is 10.2. The first-order chi connectivity index (χ1) is 17.3. The molecule has 0 saturated heterocycles. The molecule has 9 heteroatoms. The van der Waals surface area contributed by atoms with Crippen LogP contribution in [0.15, 0.2) is 71.9 Å². The van der Waals surface area contributed by atoms with Crippen molar-refractivity contribution in [2.75, 3.05) is 12.4 Å². The summed E-state index contributed by atoms with van der Waals surface area (Å²) in [5.74, 6) is 2.08. The minimum atomic E-state index is -0.424. The van der Waals surface area contributed by atoms with E-state index in [1.807, 2.05) is 92.1 Å². The van der Waals surface area contributed by atoms with Crippen molar-refractivity contribution >= 4 is 35.1 Å². The quantitative estimate of drug-likeness (QED) is 0.251. The molecule has 1 unspecified atom stereocenters. The van der Waals surface area contributed by atoms with Gasteiger partial charge in [-0.2, -0.15) is 0 Å². The number of carbonyl (C=O) groups is 1. The Hall–Kier alpha value is -3.49. The predicted molar refractivity (Wildman–Crippen MR) is 145 cm³/mol. The van der Waals surface area contributed by atoms with Crippen molar-refractivity contribution < 1.29 is 9.53 Å². The molecule has 0 fully saturated rings. The Morgan fingerprint density at radius 3 is 2.67 bits per heavy atom. The van der Waals surface area contributed by atoms with Crippen LogP contribution in [0.25, 0.3) is 5.69 Å². The molecule has 1 aromatic heterocycles. The zero-order chi connectivity index (χ0) is 25.7. The maximum absolute atomic E-state index is 12.7. The van der Waals surface area contributed by atoms with E-state index in [1.54, 1.807) is 18.9 Å². The van der Waals surface area contributed by atoms with Gasteiger partial charge in [0.25, 0.3) is 0 Å². The van der Waals surface area contributed by atoms with Gasteiger partial charge in [0, 0.05) is 16.5 Å². The second-order valence-electron chi connectivity index (χ2n) is 8.44. The van der Waals surface area contributed by atoms with Gasteiger partial charge in [0.2, 0.25) is 0 Å². The second kappa shape index (κ2) is 11.5. The fraction of sp³-hybridized carbons (Fsp3) is 0.222. The molecule has 0 spiro atoms. The number of amides is 2. The SMILES string of the molecule is COc1cccc(CSc2nnc(C(C)NC(=O)Nc3cccc(C)c3)n2-c2cc(Cl)ccc2C)c1. The number of methoxy groups -OCH3 is 1. The average Bonchev–Trinajstić information content (AvgIpc) is 3.28. The molecule has 0 aliphatic heterocycles. The van der Waals surface area contributed by atoms with Crippen LogP contribution < -0.4 is 15.4 Å². The van der Waals surface area contributed by atoms with E-state index < -0.39 is 6.04 Å². The summed E-state index contributed by atoms with van der Waals surface area (Å²) < 4.78 is 7.31. The highest BCUT2D eigenvalue weighted by molar-refractivity contribution is 7.98. The standard InChI is InChI=1S/C27H28ClN5O2S/c1-17-7-5-9-22(13-17)30-26(34)29-19(3)25-31-32-27(33(25)24-15-21(28)12-11-18(24)2)36-16-20-8-6-10-23(14-20)35-4/h5-15,19H,16H2,1-4H3,(H2,29,30,34). The van der Waals surface area contributed by atoms with Gasteiger partial charge in [-0.1, -0.05) is 53.7 Å². The van der Waals surface area contributed by atoms with Gasteiger partial charge in [-0.15, -0.1) is 10.2 Å². The van der Waals surface area contributed by atoms with Gasteiger partial charge in [0.05, 0.1) is 18.8 Å². The molecule has 0 radical (unpaired) electrons. The van der Waals surface area contributed by atoms with E-state index in [-0.39, 0.29) is 6.03 Å². The third-order valence-electron chi connectivity index (χ3n) is 5.58. The number of aryl methyl sites for hydroxylation is 2. The van der Waals surface area contributed by atoms with Crippen LogP contribution in [-0.4, -0.2) is 27.9 Å². The highest BCUT2D eigenvalue weighted by atomic mass is 35.5. The van der Waals surface area contributed by atoms with Crippen molar-refractivity contribution in [3.05, 3.63) is 94.3 Å². The number of carbonyl (C=O) groups excluding carboxylic acids is 1. The number of hydrogen-bond acceptors (Lipinski definition) is 5. The van der Waals surface area contributed by atoms with E-state index >= 15 is 0 Å². The lowest BCUT2D eigenvalue weighted by molar-refractivity contribution is 0.249. The minimum Gasteiger partial charge on any atom is -0.497 e. The number of ether oxygens (including phenoxy) is 1. The van der Waals surface area contributed by atoms with Crippen molar-refractivity contribution in [2.45, 2.75) is 37.7 Å². The highest BCUT2D eigenvalue weighted by Gasteiger charge is 2.22. The van der Waals surface area contributed by atoms with E-state index in [0.29, 0.717) is 21.8 Å². The maximum atomic E-state index is 12.7. The van der Waals surface area contributed by atoms with Gasteiger partial charge in [-0.05, 0) is 73.9 Å². The van der Waals surface area contributed by atoms with Gasteiger partial charge in [-0.25, -0.2) is 4.79 Å². The summed E-state index contributed by atoms with van der Waals surface area (Å²) >= 11 is 7.91. The van der Waals surface area contributed by atoms with Crippen LogP contribution in [0.5, 0.6) is 5.75 Å². The molecule has 1 atom stereocenters. The molecule has 0 aliphatic rings. The number of benzene rings is 3. The number of halogens is 1. The Labute approximate surface area is 220 Å². The first-order valence-corrected chi connectivity index (χ1v) is 12.8. The van der Waals surface area contributed by atoms with Gasteiger partial charge >= 0.3 is 6.03 Å². The summed E-state index contributed by atoms with van der Waals surface area (Å²) in [6, 6.07) is 20.5. The van der Waals surface area contributed by atoms with Gasteiger partial charge in [0.1, 0.15) is 5.75 Å². The van der Waals surface area contributed by atoms with E-state index in [0.717, 1.165) is 33.8 Å². The van der Waals surface area contributed by atoms with Crippen molar-refractivity contribution in [3.8, 4) is 11.4 Å². The van der Waals surface area contributed by atoms with E-state index in [4.69, 9.17) is 16.3 Å². The number of aromatic nitrogens is 3. The van der Waals surface area contributed by atoms with Gasteiger partial charge in [0.15, 0.2) is 11.0 Å². The molecule has 3 aromatic carbocycles. The second-order valence-corrected chi connectivity index (χ2v) is 9.82. The fourth-order valence-electron chi connectivity index (χ4n) is 3.77. The number of rotatable bonds is 8. The molecule has 2 amide bonds. The Morgan fingerprint density at radius 1 is 1.08 bits per heavy atom. The monoisotopic (exact) mass is 521 g/mol. The van der Waals surface area contributed by atoms with E-state index in [2.05, 4.69) is 20.8 Å². The number of nitrogens with one attached hydrogen (secondary N) is 2. The predicted octanol–water partition coefficient (Wildman–Crippen LogP) is 6.72. The lowest BCUT2D eigenvalue weighted by Crippen LogP contribution is -2.32.